The van der Waals surface area contributed by atoms with E-state index < -0.39 is 56.8 Å². The maximum atomic E-state index is 15.4. The zero-order valence-corrected chi connectivity index (χ0v) is 31.8. The summed E-state index contributed by atoms with van der Waals surface area (Å²) in [5.74, 6) is -5.49. The molecule has 0 spiro atoms. The quantitative estimate of drug-likeness (QED) is 0.0974. The fourth-order valence-corrected chi connectivity index (χ4v) is 7.45. The normalized spacial score (nSPS) is 12.0. The van der Waals surface area contributed by atoms with Crippen molar-refractivity contribution in [2.24, 2.45) is 7.05 Å². The Hall–Kier alpha value is -6.46. The standard InChI is InChI=1S/C40H36F3N5O8S/c1-5-56-21-22-14-33(54-3)36(34(15-22)55-4)28-11-8-25(38-29(28)20-45-48(38)2)16-32(40(50)51)46-39(49)37-30(41)18-26(19-31(37)42)47-57(52,53)27-9-6-23(7-10-27)24-12-13-44-35(43)17-24/h6-15,17-20,32,47H,5,16,21H2,1-4H3,(H,46,49)(H,50,51). The lowest BCUT2D eigenvalue weighted by Gasteiger charge is -2.19. The molecule has 1 atom stereocenters. The Balaban J connectivity index is 1.23. The highest BCUT2D eigenvalue weighted by atomic mass is 32.2. The predicted molar refractivity (Wildman–Crippen MR) is 204 cm³/mol. The van der Waals surface area contributed by atoms with Gasteiger partial charge in [0.05, 0.1) is 48.7 Å². The van der Waals surface area contributed by atoms with Crippen molar-refractivity contribution in [3.63, 3.8) is 0 Å². The van der Waals surface area contributed by atoms with Crippen LogP contribution in [0.3, 0.4) is 0 Å². The molecular formula is C40H36F3N5O8S. The molecule has 0 aliphatic carbocycles. The van der Waals surface area contributed by atoms with Crippen LogP contribution in [0.25, 0.3) is 33.2 Å². The smallest absolute Gasteiger partial charge is 0.326 e. The number of pyridine rings is 1. The molecule has 296 valence electrons. The van der Waals surface area contributed by atoms with Gasteiger partial charge in [0.15, 0.2) is 0 Å². The second-order valence-electron chi connectivity index (χ2n) is 12.7. The molecule has 1 amide bonds. The molecule has 17 heteroatoms. The Bertz CT molecular complexity index is 2550. The molecule has 0 bridgehead atoms. The number of fused-ring (bicyclic) bond motifs is 1. The van der Waals surface area contributed by atoms with Crippen LogP contribution in [0, 0.1) is 17.6 Å². The molecule has 0 aliphatic rings. The number of carbonyl (C=O) groups excluding carboxylic acids is 1. The minimum absolute atomic E-state index is 0.267. The first kappa shape index (κ1) is 40.2. The Labute approximate surface area is 325 Å². The number of sulfonamides is 1. The number of amides is 1. The number of aliphatic carboxylic acids is 1. The van der Waals surface area contributed by atoms with Gasteiger partial charge in [-0.1, -0.05) is 24.3 Å². The summed E-state index contributed by atoms with van der Waals surface area (Å²) in [5, 5.41) is 17.3. The molecule has 4 aromatic carbocycles. The summed E-state index contributed by atoms with van der Waals surface area (Å²) in [5.41, 5.74) is 2.34. The first-order chi connectivity index (χ1) is 27.2. The van der Waals surface area contributed by atoms with E-state index >= 15 is 8.78 Å². The van der Waals surface area contributed by atoms with E-state index in [4.69, 9.17) is 14.2 Å². The number of nitrogens with one attached hydrogen (secondary N) is 2. The lowest BCUT2D eigenvalue weighted by Crippen LogP contribution is -2.43. The van der Waals surface area contributed by atoms with Gasteiger partial charge in [-0.2, -0.15) is 9.49 Å². The lowest BCUT2D eigenvalue weighted by molar-refractivity contribution is -0.139. The van der Waals surface area contributed by atoms with Crippen LogP contribution >= 0.6 is 0 Å². The first-order valence-corrected chi connectivity index (χ1v) is 18.8. The largest absolute Gasteiger partial charge is 0.496 e. The molecule has 13 nitrogen and oxygen atoms in total. The number of rotatable bonds is 15. The third-order valence-electron chi connectivity index (χ3n) is 9.07. The predicted octanol–water partition coefficient (Wildman–Crippen LogP) is 6.50. The zero-order valence-electron chi connectivity index (χ0n) is 31.0. The fraction of sp³-hybridized carbons (Fsp3) is 0.200. The van der Waals surface area contributed by atoms with Gasteiger partial charge in [-0.25, -0.2) is 27.0 Å². The number of carboxylic acid groups (broad SMARTS) is 1. The molecule has 2 aromatic heterocycles. The minimum Gasteiger partial charge on any atom is -0.496 e. The van der Waals surface area contributed by atoms with Gasteiger partial charge in [-0.3, -0.25) is 14.2 Å². The third-order valence-corrected chi connectivity index (χ3v) is 10.5. The van der Waals surface area contributed by atoms with Crippen molar-refractivity contribution in [1.29, 1.82) is 0 Å². The molecular weight excluding hydrogens is 768 g/mol. The van der Waals surface area contributed by atoms with Gasteiger partial charge >= 0.3 is 5.97 Å². The van der Waals surface area contributed by atoms with Crippen molar-refractivity contribution in [3.8, 4) is 33.8 Å². The number of benzene rings is 4. The number of carboxylic acids is 1. The number of aryl methyl sites for hydroxylation is 1. The Kier molecular flexibility index (Phi) is 11.8. The first-order valence-electron chi connectivity index (χ1n) is 17.3. The summed E-state index contributed by atoms with van der Waals surface area (Å²) in [6.45, 7) is 2.73. The number of hydrogen-bond donors (Lipinski definition) is 3. The maximum absolute atomic E-state index is 15.4. The summed E-state index contributed by atoms with van der Waals surface area (Å²) in [4.78, 5) is 28.9. The van der Waals surface area contributed by atoms with Crippen molar-refractivity contribution >= 4 is 38.5 Å². The van der Waals surface area contributed by atoms with Crippen LogP contribution in [0.5, 0.6) is 11.5 Å². The maximum Gasteiger partial charge on any atom is 0.326 e. The summed E-state index contributed by atoms with van der Waals surface area (Å²) in [7, 11) is 0.318. The van der Waals surface area contributed by atoms with Gasteiger partial charge < -0.3 is 24.6 Å². The Morgan fingerprint density at radius 2 is 1.58 bits per heavy atom. The molecule has 1 unspecified atom stereocenters. The van der Waals surface area contributed by atoms with Crippen molar-refractivity contribution in [1.82, 2.24) is 20.1 Å². The van der Waals surface area contributed by atoms with Crippen LogP contribution in [0.1, 0.15) is 28.4 Å². The number of aromatic nitrogens is 3. The summed E-state index contributed by atoms with van der Waals surface area (Å²) in [6.07, 6.45) is 2.54. The van der Waals surface area contributed by atoms with Crippen molar-refractivity contribution in [2.75, 3.05) is 25.5 Å². The summed E-state index contributed by atoms with van der Waals surface area (Å²) < 4.78 is 91.0. The lowest BCUT2D eigenvalue weighted by atomic mass is 9.94. The van der Waals surface area contributed by atoms with Crippen molar-refractivity contribution < 1.29 is 50.5 Å². The molecule has 6 rings (SSSR count). The topological polar surface area (TPSA) is 171 Å². The van der Waals surface area contributed by atoms with E-state index in [9.17, 15) is 27.5 Å². The van der Waals surface area contributed by atoms with E-state index in [1.807, 2.05) is 19.1 Å². The third kappa shape index (κ3) is 8.53. The summed E-state index contributed by atoms with van der Waals surface area (Å²) >= 11 is 0. The molecule has 6 aromatic rings. The van der Waals surface area contributed by atoms with E-state index in [-0.39, 0.29) is 11.3 Å². The van der Waals surface area contributed by atoms with Crippen molar-refractivity contribution in [2.45, 2.75) is 30.9 Å². The van der Waals surface area contributed by atoms with Gasteiger partial charge in [-0.15, -0.1) is 0 Å². The second kappa shape index (κ2) is 16.7. The number of carbonyl (C=O) groups is 2. The van der Waals surface area contributed by atoms with E-state index in [1.165, 1.54) is 61.5 Å². The van der Waals surface area contributed by atoms with Crippen LogP contribution in [0.15, 0.2) is 90.1 Å². The van der Waals surface area contributed by atoms with Crippen LogP contribution in [0.2, 0.25) is 0 Å². The number of ether oxygens (including phenoxy) is 3. The van der Waals surface area contributed by atoms with Gasteiger partial charge in [0.2, 0.25) is 5.95 Å². The average Bonchev–Trinajstić information content (AvgIpc) is 3.57. The highest BCUT2D eigenvalue weighted by Crippen LogP contribution is 2.43. The van der Waals surface area contributed by atoms with Crippen LogP contribution in [-0.2, 0) is 39.6 Å². The number of methoxy groups -OCH3 is 2. The second-order valence-corrected chi connectivity index (χ2v) is 14.4. The molecule has 0 fully saturated rings. The molecule has 0 aliphatic heterocycles. The Morgan fingerprint density at radius 3 is 2.18 bits per heavy atom. The van der Waals surface area contributed by atoms with Gasteiger partial charge in [-0.05, 0) is 71.6 Å². The van der Waals surface area contributed by atoms with Crippen molar-refractivity contribution in [3.05, 3.63) is 119 Å². The minimum atomic E-state index is -4.38. The fourth-order valence-electron chi connectivity index (χ4n) is 6.41. The van der Waals surface area contributed by atoms with Crippen LogP contribution in [0.4, 0.5) is 18.9 Å². The van der Waals surface area contributed by atoms with Crippen LogP contribution in [-0.4, -0.2) is 67.0 Å². The average molecular weight is 804 g/mol. The SMILES string of the molecule is CCOCc1cc(OC)c(-c2ccc(CC(NC(=O)c3c(F)cc(NS(=O)(=O)c4ccc(-c5ccnc(F)c5)cc4)cc3F)C(=O)O)c3c2cnn3C)c(OC)c1. The van der Waals surface area contributed by atoms with Crippen LogP contribution < -0.4 is 19.5 Å². The van der Waals surface area contributed by atoms with Gasteiger partial charge in [0.1, 0.15) is 34.7 Å². The molecule has 2 heterocycles. The molecule has 3 N–H and O–H groups in total. The van der Waals surface area contributed by atoms with E-state index in [2.05, 4.69) is 20.1 Å². The monoisotopic (exact) mass is 803 g/mol. The van der Waals surface area contributed by atoms with Gasteiger partial charge in [0.25, 0.3) is 15.9 Å². The van der Waals surface area contributed by atoms with E-state index in [1.54, 1.807) is 25.4 Å². The molecule has 0 radical (unpaired) electrons. The number of halogens is 3. The summed E-state index contributed by atoms with van der Waals surface area (Å²) in [6, 6.07) is 14.6. The molecule has 0 saturated carbocycles. The highest BCUT2D eigenvalue weighted by molar-refractivity contribution is 7.92. The highest BCUT2D eigenvalue weighted by Gasteiger charge is 2.28. The molecule has 57 heavy (non-hydrogen) atoms. The van der Waals surface area contributed by atoms with E-state index in [0.29, 0.717) is 75.6 Å². The number of anilines is 1. The van der Waals surface area contributed by atoms with Gasteiger partial charge in [0, 0.05) is 43.3 Å². The molecule has 0 saturated heterocycles. The number of hydrogen-bond acceptors (Lipinski definition) is 9. The van der Waals surface area contributed by atoms with E-state index in [0.717, 1.165) is 5.56 Å². The number of nitrogens with zero attached hydrogens (tertiary/aromatic N) is 3. The zero-order chi connectivity index (χ0) is 41.0. The Morgan fingerprint density at radius 1 is 0.912 bits per heavy atom.